The third kappa shape index (κ3) is 2.95. The number of halogens is 1. The van der Waals surface area contributed by atoms with E-state index in [0.29, 0.717) is 12.0 Å². The van der Waals surface area contributed by atoms with Crippen molar-refractivity contribution < 1.29 is 4.74 Å². The highest BCUT2D eigenvalue weighted by Gasteiger charge is 2.24. The maximum Gasteiger partial charge on any atom is 0.127 e. The molecule has 1 aromatic rings. The Hall–Kier alpha value is -0.770. The van der Waals surface area contributed by atoms with Crippen molar-refractivity contribution in [2.75, 3.05) is 26.2 Å². The Balaban J connectivity index is 1.75. The van der Waals surface area contributed by atoms with Crippen LogP contribution in [0.4, 0.5) is 0 Å². The molecular weight excluding hydrogens is 272 g/mol. The number of nitrogens with one attached hydrogen (secondary N) is 1. The zero-order valence-electron chi connectivity index (χ0n) is 12.3. The van der Waals surface area contributed by atoms with Crippen molar-refractivity contribution >= 4 is 11.6 Å². The van der Waals surface area contributed by atoms with E-state index >= 15 is 0 Å². The second-order valence-corrected chi connectivity index (χ2v) is 6.63. The number of ether oxygens (including phenoxy) is 1. The number of hydrogen-bond acceptors (Lipinski definition) is 3. The summed E-state index contributed by atoms with van der Waals surface area (Å²) in [4.78, 5) is 2.51. The molecule has 1 N–H and O–H groups in total. The first-order valence-electron chi connectivity index (χ1n) is 7.53. The van der Waals surface area contributed by atoms with Crippen LogP contribution in [0.2, 0.25) is 5.02 Å². The maximum absolute atomic E-state index is 6.24. The molecule has 0 spiro atoms. The molecule has 20 heavy (non-hydrogen) atoms. The highest BCUT2D eigenvalue weighted by Crippen LogP contribution is 2.33. The lowest BCUT2D eigenvalue weighted by Crippen LogP contribution is -2.52. The van der Waals surface area contributed by atoms with Gasteiger partial charge in [0.25, 0.3) is 0 Å². The SMILES string of the molecule is CC(C)C1CN(Cc2cc(Cl)cc3c2OCC3)CCN1. The summed E-state index contributed by atoms with van der Waals surface area (Å²) in [5, 5.41) is 4.43. The Morgan fingerprint density at radius 2 is 2.30 bits per heavy atom. The van der Waals surface area contributed by atoms with Gasteiger partial charge in [0.15, 0.2) is 0 Å². The fourth-order valence-corrected chi connectivity index (χ4v) is 3.40. The van der Waals surface area contributed by atoms with Gasteiger partial charge in [-0.2, -0.15) is 0 Å². The summed E-state index contributed by atoms with van der Waals surface area (Å²) in [6.45, 7) is 9.53. The highest BCUT2D eigenvalue weighted by molar-refractivity contribution is 6.30. The number of hydrogen-bond donors (Lipinski definition) is 1. The van der Waals surface area contributed by atoms with Gasteiger partial charge in [0.05, 0.1) is 6.61 Å². The van der Waals surface area contributed by atoms with Gasteiger partial charge in [-0.3, -0.25) is 4.90 Å². The van der Waals surface area contributed by atoms with Crippen molar-refractivity contribution in [3.05, 3.63) is 28.3 Å². The molecule has 1 fully saturated rings. The van der Waals surface area contributed by atoms with Crippen LogP contribution in [0.5, 0.6) is 5.75 Å². The van der Waals surface area contributed by atoms with Crippen molar-refractivity contribution in [1.29, 1.82) is 0 Å². The van der Waals surface area contributed by atoms with Crippen molar-refractivity contribution in [3.8, 4) is 5.75 Å². The molecule has 0 radical (unpaired) electrons. The summed E-state index contributed by atoms with van der Waals surface area (Å²) in [6.07, 6.45) is 0.985. The molecule has 1 aromatic carbocycles. The topological polar surface area (TPSA) is 24.5 Å². The maximum atomic E-state index is 6.24. The Morgan fingerprint density at radius 3 is 3.10 bits per heavy atom. The molecule has 0 saturated carbocycles. The molecule has 1 unspecified atom stereocenters. The smallest absolute Gasteiger partial charge is 0.127 e. The predicted molar refractivity (Wildman–Crippen MR) is 82.6 cm³/mol. The number of nitrogens with zero attached hydrogens (tertiary/aromatic N) is 1. The van der Waals surface area contributed by atoms with E-state index in [1.165, 1.54) is 11.1 Å². The standard InChI is InChI=1S/C16H23ClN2O/c1-11(2)15-10-19(5-4-18-15)9-13-8-14(17)7-12-3-6-20-16(12)13/h7-8,11,15,18H,3-6,9-10H2,1-2H3. The first-order valence-corrected chi connectivity index (χ1v) is 7.91. The van der Waals surface area contributed by atoms with Crippen LogP contribution >= 0.6 is 11.6 Å². The molecule has 3 rings (SSSR count). The summed E-state index contributed by atoms with van der Waals surface area (Å²) in [7, 11) is 0. The van der Waals surface area contributed by atoms with Crippen LogP contribution in [-0.2, 0) is 13.0 Å². The van der Waals surface area contributed by atoms with Crippen LogP contribution in [0.15, 0.2) is 12.1 Å². The minimum atomic E-state index is 0.580. The molecule has 0 aliphatic carbocycles. The molecule has 2 heterocycles. The average Bonchev–Trinajstić information content (AvgIpc) is 2.87. The minimum absolute atomic E-state index is 0.580. The van der Waals surface area contributed by atoms with Crippen LogP contribution in [0.1, 0.15) is 25.0 Å². The highest BCUT2D eigenvalue weighted by atomic mass is 35.5. The fraction of sp³-hybridized carbons (Fsp3) is 0.625. The van der Waals surface area contributed by atoms with E-state index in [0.717, 1.165) is 50.0 Å². The summed E-state index contributed by atoms with van der Waals surface area (Å²) >= 11 is 6.24. The van der Waals surface area contributed by atoms with Gasteiger partial charge in [-0.25, -0.2) is 0 Å². The van der Waals surface area contributed by atoms with Crippen molar-refractivity contribution in [2.24, 2.45) is 5.92 Å². The normalized spacial score (nSPS) is 22.9. The van der Waals surface area contributed by atoms with Gasteiger partial charge in [-0.05, 0) is 23.6 Å². The van der Waals surface area contributed by atoms with E-state index < -0.39 is 0 Å². The zero-order valence-corrected chi connectivity index (χ0v) is 13.0. The zero-order chi connectivity index (χ0) is 14.1. The van der Waals surface area contributed by atoms with E-state index in [1.54, 1.807) is 0 Å². The van der Waals surface area contributed by atoms with Crippen molar-refractivity contribution in [2.45, 2.75) is 32.9 Å². The summed E-state index contributed by atoms with van der Waals surface area (Å²) in [6, 6.07) is 4.69. The lowest BCUT2D eigenvalue weighted by atomic mass is 10.0. The molecule has 0 aromatic heterocycles. The van der Waals surface area contributed by atoms with Crippen LogP contribution in [-0.4, -0.2) is 37.2 Å². The first kappa shape index (κ1) is 14.2. The summed E-state index contributed by atoms with van der Waals surface area (Å²) < 4.78 is 5.80. The second-order valence-electron chi connectivity index (χ2n) is 6.19. The van der Waals surface area contributed by atoms with Crippen molar-refractivity contribution in [3.63, 3.8) is 0 Å². The molecule has 1 saturated heterocycles. The third-order valence-corrected chi connectivity index (χ3v) is 4.53. The van der Waals surface area contributed by atoms with Gasteiger partial charge in [0.1, 0.15) is 5.75 Å². The quantitative estimate of drug-likeness (QED) is 0.928. The summed E-state index contributed by atoms with van der Waals surface area (Å²) in [5.41, 5.74) is 2.51. The molecular formula is C16H23ClN2O. The van der Waals surface area contributed by atoms with E-state index in [9.17, 15) is 0 Å². The Morgan fingerprint density at radius 1 is 1.45 bits per heavy atom. The molecule has 3 nitrogen and oxygen atoms in total. The first-order chi connectivity index (χ1) is 9.63. The predicted octanol–water partition coefficient (Wildman–Crippen LogP) is 2.70. The van der Waals surface area contributed by atoms with E-state index in [2.05, 4.69) is 30.1 Å². The van der Waals surface area contributed by atoms with Gasteiger partial charge >= 0.3 is 0 Å². The molecule has 1 atom stereocenters. The number of fused-ring (bicyclic) bond motifs is 1. The van der Waals surface area contributed by atoms with Gasteiger partial charge in [0.2, 0.25) is 0 Å². The lowest BCUT2D eigenvalue weighted by Gasteiger charge is -2.36. The monoisotopic (exact) mass is 294 g/mol. The van der Waals surface area contributed by atoms with Gasteiger partial charge < -0.3 is 10.1 Å². The Bertz CT molecular complexity index is 490. The van der Waals surface area contributed by atoms with Crippen LogP contribution in [0, 0.1) is 5.92 Å². The molecule has 0 bridgehead atoms. The van der Waals surface area contributed by atoms with E-state index in [1.807, 2.05) is 6.07 Å². The van der Waals surface area contributed by atoms with Gasteiger partial charge in [-0.1, -0.05) is 25.4 Å². The number of benzene rings is 1. The fourth-order valence-electron chi connectivity index (χ4n) is 3.14. The molecule has 4 heteroatoms. The minimum Gasteiger partial charge on any atom is -0.493 e. The average molecular weight is 295 g/mol. The molecule has 2 aliphatic heterocycles. The lowest BCUT2D eigenvalue weighted by molar-refractivity contribution is 0.167. The van der Waals surface area contributed by atoms with Crippen molar-refractivity contribution in [1.82, 2.24) is 10.2 Å². The third-order valence-electron chi connectivity index (χ3n) is 4.31. The second kappa shape index (κ2) is 5.92. The Labute approximate surface area is 126 Å². The summed E-state index contributed by atoms with van der Waals surface area (Å²) in [5.74, 6) is 1.74. The van der Waals surface area contributed by atoms with E-state index in [-0.39, 0.29) is 0 Å². The van der Waals surface area contributed by atoms with E-state index in [4.69, 9.17) is 16.3 Å². The Kier molecular flexibility index (Phi) is 4.20. The molecule has 110 valence electrons. The van der Waals surface area contributed by atoms with Gasteiger partial charge in [0, 0.05) is 49.2 Å². The number of rotatable bonds is 3. The van der Waals surface area contributed by atoms with Gasteiger partial charge in [-0.15, -0.1) is 0 Å². The van der Waals surface area contributed by atoms with Crippen LogP contribution in [0.3, 0.4) is 0 Å². The van der Waals surface area contributed by atoms with Crippen LogP contribution < -0.4 is 10.1 Å². The number of piperazine rings is 1. The largest absolute Gasteiger partial charge is 0.493 e. The molecule has 0 amide bonds. The molecule has 2 aliphatic rings. The van der Waals surface area contributed by atoms with Crippen LogP contribution in [0.25, 0.3) is 0 Å².